The van der Waals surface area contributed by atoms with Gasteiger partial charge in [-0.05, 0) is 67.8 Å². The first-order valence-electron chi connectivity index (χ1n) is 14.4. The van der Waals surface area contributed by atoms with Crippen LogP contribution < -0.4 is 0 Å². The molecule has 7 nitrogen and oxygen atoms in total. The van der Waals surface area contributed by atoms with Gasteiger partial charge in [0.25, 0.3) is 0 Å². The molecule has 37 heavy (non-hydrogen) atoms. The summed E-state index contributed by atoms with van der Waals surface area (Å²) < 4.78 is 13.4. The third-order valence-corrected chi connectivity index (χ3v) is 12.7. The second-order valence-corrected chi connectivity index (χ2v) is 14.6. The van der Waals surface area contributed by atoms with Gasteiger partial charge >= 0.3 is 5.97 Å². The van der Waals surface area contributed by atoms with Crippen molar-refractivity contribution in [1.82, 2.24) is 4.90 Å². The van der Waals surface area contributed by atoms with Crippen molar-refractivity contribution in [3.05, 3.63) is 11.6 Å². The number of rotatable bonds is 1. The Morgan fingerprint density at radius 2 is 1.92 bits per heavy atom. The zero-order chi connectivity index (χ0) is 26.3. The van der Waals surface area contributed by atoms with Crippen molar-refractivity contribution in [3.8, 4) is 0 Å². The summed E-state index contributed by atoms with van der Waals surface area (Å²) >= 11 is 0. The molecule has 4 bridgehead atoms. The van der Waals surface area contributed by atoms with Gasteiger partial charge in [0.2, 0.25) is 0 Å². The van der Waals surface area contributed by atoms with E-state index < -0.39 is 45.4 Å². The average Bonchev–Trinajstić information content (AvgIpc) is 3.07. The predicted molar refractivity (Wildman–Crippen MR) is 134 cm³/mol. The summed E-state index contributed by atoms with van der Waals surface area (Å²) in [6.07, 6.45) is 6.88. The molecule has 0 unspecified atom stereocenters. The molecule has 7 rings (SSSR count). The Kier molecular flexibility index (Phi) is 4.72. The number of aliphatic hydroxyl groups excluding tert-OH is 1. The van der Waals surface area contributed by atoms with Crippen LogP contribution in [-0.2, 0) is 23.9 Å². The van der Waals surface area contributed by atoms with Crippen LogP contribution in [0.2, 0.25) is 0 Å². The molecule has 0 amide bonds. The molecular weight excluding hydrogens is 470 g/mol. The maximum atomic E-state index is 14.4. The molecule has 0 radical (unpaired) electrons. The van der Waals surface area contributed by atoms with E-state index in [0.29, 0.717) is 12.3 Å². The number of hydrogen-bond donors (Lipinski definition) is 1. The molecule has 7 aliphatic rings. The fourth-order valence-electron chi connectivity index (χ4n) is 11.3. The van der Waals surface area contributed by atoms with E-state index in [1.54, 1.807) is 6.08 Å². The number of nitrogens with zero attached hydrogens (tertiary/aromatic N) is 1. The highest BCUT2D eigenvalue weighted by atomic mass is 16.6. The molecule has 1 N–H and O–H groups in total. The van der Waals surface area contributed by atoms with Crippen LogP contribution in [0, 0.1) is 45.8 Å². The molecular formula is C30H41NO6. The van der Waals surface area contributed by atoms with Crippen LogP contribution in [0.15, 0.2) is 11.6 Å². The van der Waals surface area contributed by atoms with Crippen molar-refractivity contribution < 1.29 is 29.0 Å². The first kappa shape index (κ1) is 24.5. The number of carbonyl (C=O) groups is 3. The second-order valence-electron chi connectivity index (χ2n) is 14.6. The molecule has 4 aliphatic heterocycles. The predicted octanol–water partition coefficient (Wildman–Crippen LogP) is 3.63. The van der Waals surface area contributed by atoms with Gasteiger partial charge in [-0.25, -0.2) is 4.90 Å². The van der Waals surface area contributed by atoms with Gasteiger partial charge in [0.1, 0.15) is 11.5 Å². The fraction of sp³-hybridized carbons (Fsp3) is 0.833. The third-order valence-electron chi connectivity index (χ3n) is 12.7. The zero-order valence-corrected chi connectivity index (χ0v) is 22.8. The minimum absolute atomic E-state index is 0.0232. The normalized spacial score (nSPS) is 56.5. The minimum Gasteiger partial charge on any atom is -0.443 e. The van der Waals surface area contributed by atoms with Gasteiger partial charge in [0.05, 0.1) is 25.0 Å². The van der Waals surface area contributed by atoms with Crippen molar-refractivity contribution in [3.63, 3.8) is 0 Å². The van der Waals surface area contributed by atoms with Crippen LogP contribution in [0.1, 0.15) is 79.6 Å². The molecule has 4 saturated heterocycles. The Morgan fingerprint density at radius 3 is 2.65 bits per heavy atom. The third kappa shape index (κ3) is 2.63. The first-order chi connectivity index (χ1) is 17.3. The molecule has 3 aliphatic carbocycles. The number of ether oxygens (including phenoxy) is 2. The summed E-state index contributed by atoms with van der Waals surface area (Å²) in [6.45, 7) is 11.3. The molecule has 2 saturated carbocycles. The Bertz CT molecular complexity index is 1150. The Balaban J connectivity index is 1.46. The standard InChI is InChI=1S/C30H41NO6/c1-16-9-20-23(21(33)10-16)19(14-32)24(35)25-26(20,3)15-30-28(5,27(25,4)12-22(34)37-30)6-7-29-11-17(2)8-18(36-29)13-31(29)30/h10,17-20,23,25,32H,6-9,11-15H2,1-5H3/t17-,18+,19-,20+,23-,25-,26-,27+,28-,29-,30+/m0/s1. The van der Waals surface area contributed by atoms with Crippen LogP contribution >= 0.6 is 0 Å². The van der Waals surface area contributed by atoms with Crippen molar-refractivity contribution >= 4 is 17.5 Å². The lowest BCUT2D eigenvalue weighted by Gasteiger charge is -2.76. The Hall–Kier alpha value is -1.57. The Labute approximate surface area is 219 Å². The topological polar surface area (TPSA) is 93.1 Å². The van der Waals surface area contributed by atoms with Gasteiger partial charge in [-0.1, -0.05) is 33.3 Å². The number of Topliss-reactive ketones (excluding diaryl/α,β-unsaturated/α-hetero) is 1. The maximum Gasteiger partial charge on any atom is 0.308 e. The number of esters is 1. The van der Waals surface area contributed by atoms with E-state index in [9.17, 15) is 19.5 Å². The highest BCUT2D eigenvalue weighted by Gasteiger charge is 2.83. The van der Waals surface area contributed by atoms with Crippen molar-refractivity contribution in [2.75, 3.05) is 13.2 Å². The number of allylic oxidation sites excluding steroid dienone is 2. The molecule has 202 valence electrons. The lowest BCUT2D eigenvalue weighted by Crippen LogP contribution is -2.83. The fourth-order valence-corrected chi connectivity index (χ4v) is 11.3. The van der Waals surface area contributed by atoms with Crippen LogP contribution in [0.5, 0.6) is 0 Å². The van der Waals surface area contributed by atoms with E-state index in [2.05, 4.69) is 32.6 Å². The van der Waals surface area contributed by atoms with Crippen LogP contribution in [-0.4, -0.2) is 58.2 Å². The molecule has 1 spiro atoms. The van der Waals surface area contributed by atoms with Crippen LogP contribution in [0.4, 0.5) is 0 Å². The number of carbonyl (C=O) groups excluding carboxylic acids is 3. The van der Waals surface area contributed by atoms with E-state index in [4.69, 9.17) is 9.47 Å². The number of aliphatic hydroxyl groups is 1. The van der Waals surface area contributed by atoms with E-state index in [0.717, 1.165) is 44.2 Å². The highest BCUT2D eigenvalue weighted by Crippen LogP contribution is 2.78. The van der Waals surface area contributed by atoms with Gasteiger partial charge in [0.15, 0.2) is 11.5 Å². The van der Waals surface area contributed by atoms with E-state index in [1.807, 2.05) is 6.92 Å². The molecule has 4 heterocycles. The largest absolute Gasteiger partial charge is 0.443 e. The number of piperidine rings is 1. The van der Waals surface area contributed by atoms with E-state index in [1.165, 1.54) is 0 Å². The van der Waals surface area contributed by atoms with E-state index in [-0.39, 0.29) is 42.6 Å². The Morgan fingerprint density at radius 1 is 1.16 bits per heavy atom. The minimum atomic E-state index is -0.881. The number of hydrogen-bond acceptors (Lipinski definition) is 7. The SMILES string of the molecule is CC1=CC(=O)[C@H]2[C@H](CO)C(=O)[C@H]3[C@@](C)(C[C@@]45OC(=O)C[C@@]3(C)[C@]4(C)CC[C@]34C[C@@H](C)C[C@H](CN35)O4)[C@@H]2C1. The summed E-state index contributed by atoms with van der Waals surface area (Å²) in [6, 6.07) is 0. The summed E-state index contributed by atoms with van der Waals surface area (Å²) in [4.78, 5) is 43.8. The quantitative estimate of drug-likeness (QED) is 0.538. The summed E-state index contributed by atoms with van der Waals surface area (Å²) in [5, 5.41) is 10.5. The lowest BCUT2D eigenvalue weighted by atomic mass is 9.33. The van der Waals surface area contributed by atoms with Gasteiger partial charge in [-0.15, -0.1) is 0 Å². The van der Waals surface area contributed by atoms with Crippen LogP contribution in [0.25, 0.3) is 0 Å². The molecule has 0 aromatic rings. The highest BCUT2D eigenvalue weighted by molar-refractivity contribution is 6.00. The zero-order valence-electron chi connectivity index (χ0n) is 22.8. The van der Waals surface area contributed by atoms with Crippen molar-refractivity contribution in [2.24, 2.45) is 45.8 Å². The maximum absolute atomic E-state index is 14.4. The molecule has 7 heteroatoms. The van der Waals surface area contributed by atoms with Gasteiger partial charge < -0.3 is 14.6 Å². The molecule has 0 aromatic heterocycles. The van der Waals surface area contributed by atoms with Crippen molar-refractivity contribution in [2.45, 2.75) is 97.1 Å². The van der Waals surface area contributed by atoms with E-state index >= 15 is 0 Å². The first-order valence-corrected chi connectivity index (χ1v) is 14.4. The van der Waals surface area contributed by atoms with Gasteiger partial charge in [-0.2, -0.15) is 0 Å². The molecule has 11 atom stereocenters. The second kappa shape index (κ2) is 7.14. The number of ketones is 2. The number of fused-ring (bicyclic) bond motifs is 5. The smallest absolute Gasteiger partial charge is 0.308 e. The molecule has 6 fully saturated rings. The van der Waals surface area contributed by atoms with Gasteiger partial charge in [-0.3, -0.25) is 14.4 Å². The summed E-state index contributed by atoms with van der Waals surface area (Å²) in [5.41, 5.74) is -1.92. The average molecular weight is 512 g/mol. The molecule has 0 aromatic carbocycles. The summed E-state index contributed by atoms with van der Waals surface area (Å²) in [7, 11) is 0. The van der Waals surface area contributed by atoms with Crippen molar-refractivity contribution in [1.29, 1.82) is 0 Å². The summed E-state index contributed by atoms with van der Waals surface area (Å²) in [5.74, 6) is -1.48. The van der Waals surface area contributed by atoms with Crippen LogP contribution in [0.3, 0.4) is 0 Å². The lowest BCUT2D eigenvalue weighted by molar-refractivity contribution is -0.380. The monoisotopic (exact) mass is 511 g/mol. The van der Waals surface area contributed by atoms with Gasteiger partial charge in [0, 0.05) is 30.2 Å².